The summed E-state index contributed by atoms with van der Waals surface area (Å²) in [5.41, 5.74) is 2.26. The highest BCUT2D eigenvalue weighted by Gasteiger charge is 2.34. The molecule has 32 heavy (non-hydrogen) atoms. The minimum Gasteiger partial charge on any atom is -0.467 e. The fourth-order valence-corrected chi connectivity index (χ4v) is 5.64. The zero-order valence-electron chi connectivity index (χ0n) is 18.5. The maximum atomic E-state index is 13.2. The van der Waals surface area contributed by atoms with Gasteiger partial charge in [-0.2, -0.15) is 0 Å². The second-order valence-electron chi connectivity index (χ2n) is 9.24. The van der Waals surface area contributed by atoms with Crippen molar-refractivity contribution in [3.05, 3.63) is 75.0 Å². The number of hydrogen-bond donors (Lipinski definition) is 2. The van der Waals surface area contributed by atoms with Crippen molar-refractivity contribution >= 4 is 39.8 Å². The minimum atomic E-state index is -0.279. The number of thiophene rings is 1. The Balaban J connectivity index is 1.64. The monoisotopic (exact) mass is 470 g/mol. The van der Waals surface area contributed by atoms with E-state index in [0.717, 1.165) is 24.8 Å². The van der Waals surface area contributed by atoms with Crippen LogP contribution in [0.15, 0.2) is 47.1 Å². The number of fused-ring (bicyclic) bond motifs is 1. The largest absolute Gasteiger partial charge is 0.467 e. The molecule has 1 aromatic carbocycles. The van der Waals surface area contributed by atoms with Crippen LogP contribution in [0, 0.1) is 11.3 Å². The van der Waals surface area contributed by atoms with Crippen LogP contribution in [0.2, 0.25) is 5.02 Å². The molecule has 1 aliphatic rings. The number of halogens is 1. The molecule has 0 fully saturated rings. The summed E-state index contributed by atoms with van der Waals surface area (Å²) in [4.78, 5) is 27.3. The molecule has 1 atom stereocenters. The Bertz CT molecular complexity index is 1130. The van der Waals surface area contributed by atoms with E-state index in [4.69, 9.17) is 16.0 Å². The van der Waals surface area contributed by atoms with Crippen LogP contribution in [0.3, 0.4) is 0 Å². The van der Waals surface area contributed by atoms with Gasteiger partial charge in [0.15, 0.2) is 0 Å². The number of furan rings is 1. The van der Waals surface area contributed by atoms with E-state index >= 15 is 0 Å². The first-order valence-corrected chi connectivity index (χ1v) is 11.9. The van der Waals surface area contributed by atoms with Crippen LogP contribution in [0.25, 0.3) is 0 Å². The zero-order valence-corrected chi connectivity index (χ0v) is 20.0. The molecule has 0 saturated heterocycles. The van der Waals surface area contributed by atoms with Crippen LogP contribution < -0.4 is 10.6 Å². The molecule has 7 heteroatoms. The number of carbonyl (C=O) groups excluding carboxylic acids is 2. The molecule has 2 N–H and O–H groups in total. The molecule has 0 radical (unpaired) electrons. The van der Waals surface area contributed by atoms with Gasteiger partial charge < -0.3 is 15.1 Å². The van der Waals surface area contributed by atoms with Crippen molar-refractivity contribution in [1.29, 1.82) is 0 Å². The lowest BCUT2D eigenvalue weighted by Crippen LogP contribution is -2.28. The summed E-state index contributed by atoms with van der Waals surface area (Å²) in [6.45, 7) is 7.07. The molecular formula is C25H27ClN2O3S. The van der Waals surface area contributed by atoms with E-state index in [9.17, 15) is 9.59 Å². The number of benzene rings is 1. The van der Waals surface area contributed by atoms with Gasteiger partial charge >= 0.3 is 0 Å². The topological polar surface area (TPSA) is 71.3 Å². The van der Waals surface area contributed by atoms with Gasteiger partial charge in [0.1, 0.15) is 10.8 Å². The first-order valence-electron chi connectivity index (χ1n) is 10.7. The van der Waals surface area contributed by atoms with E-state index in [0.29, 0.717) is 39.4 Å². The predicted octanol–water partition coefficient (Wildman–Crippen LogP) is 6.33. The quantitative estimate of drug-likeness (QED) is 0.457. The molecule has 2 heterocycles. The van der Waals surface area contributed by atoms with Crippen LogP contribution in [0.4, 0.5) is 5.00 Å². The molecule has 0 unspecified atom stereocenters. The number of amides is 2. The van der Waals surface area contributed by atoms with E-state index < -0.39 is 0 Å². The van der Waals surface area contributed by atoms with Crippen molar-refractivity contribution in [1.82, 2.24) is 5.32 Å². The molecule has 3 aromatic rings. The highest BCUT2D eigenvalue weighted by molar-refractivity contribution is 7.17. The fourth-order valence-electron chi connectivity index (χ4n) is 4.13. The van der Waals surface area contributed by atoms with Crippen LogP contribution in [-0.4, -0.2) is 11.8 Å². The third kappa shape index (κ3) is 4.92. The van der Waals surface area contributed by atoms with Crippen LogP contribution in [-0.2, 0) is 19.4 Å². The van der Waals surface area contributed by atoms with Gasteiger partial charge in [0.25, 0.3) is 11.8 Å². The summed E-state index contributed by atoms with van der Waals surface area (Å²) in [5, 5.41) is 7.00. The molecule has 2 aromatic heterocycles. The van der Waals surface area contributed by atoms with Gasteiger partial charge in [-0.3, -0.25) is 9.59 Å². The minimum absolute atomic E-state index is 0.188. The molecule has 0 spiro atoms. The third-order valence-electron chi connectivity index (χ3n) is 6.03. The van der Waals surface area contributed by atoms with E-state index in [1.807, 2.05) is 6.07 Å². The highest BCUT2D eigenvalue weighted by Crippen LogP contribution is 2.44. The second kappa shape index (κ2) is 9.12. The average molecular weight is 471 g/mol. The fraction of sp³-hybridized carbons (Fsp3) is 0.360. The summed E-state index contributed by atoms with van der Waals surface area (Å²) >= 11 is 7.57. The van der Waals surface area contributed by atoms with Gasteiger partial charge in [-0.1, -0.05) is 38.4 Å². The van der Waals surface area contributed by atoms with Gasteiger partial charge in [-0.15, -0.1) is 11.3 Å². The number of hydrogen-bond acceptors (Lipinski definition) is 4. The Kier molecular flexibility index (Phi) is 6.45. The standard InChI is InChI=1S/C25H27ClN2O3S/c1-25(2,3)16-9-10-19-20(13-16)32-24(28-22(29)15-6-4-7-17(26)12-15)21(19)23(30)27-14-18-8-5-11-31-18/h4-8,11-12,16H,9-10,13-14H2,1-3H3,(H,27,30)(H,28,29)/t16-/m1/s1. The van der Waals surface area contributed by atoms with Gasteiger partial charge in [-0.05, 0) is 66.5 Å². The summed E-state index contributed by atoms with van der Waals surface area (Å²) in [6.07, 6.45) is 4.34. The summed E-state index contributed by atoms with van der Waals surface area (Å²) in [6, 6.07) is 10.4. The van der Waals surface area contributed by atoms with E-state index in [2.05, 4.69) is 31.4 Å². The van der Waals surface area contributed by atoms with Crippen molar-refractivity contribution in [2.45, 2.75) is 46.6 Å². The first-order chi connectivity index (χ1) is 15.2. The SMILES string of the molecule is CC(C)(C)[C@@H]1CCc2c(sc(NC(=O)c3cccc(Cl)c3)c2C(=O)NCc2ccco2)C1. The molecule has 0 bridgehead atoms. The molecule has 4 rings (SSSR count). The summed E-state index contributed by atoms with van der Waals surface area (Å²) in [7, 11) is 0. The van der Waals surface area contributed by atoms with Crippen molar-refractivity contribution in [2.24, 2.45) is 11.3 Å². The third-order valence-corrected chi connectivity index (χ3v) is 7.44. The van der Waals surface area contributed by atoms with E-state index in [-0.39, 0.29) is 17.2 Å². The highest BCUT2D eigenvalue weighted by atomic mass is 35.5. The van der Waals surface area contributed by atoms with Gasteiger partial charge in [0, 0.05) is 15.5 Å². The lowest BCUT2D eigenvalue weighted by atomic mass is 9.72. The van der Waals surface area contributed by atoms with E-state index in [1.165, 1.54) is 16.2 Å². The van der Waals surface area contributed by atoms with E-state index in [1.54, 1.807) is 36.6 Å². The summed E-state index contributed by atoms with van der Waals surface area (Å²) < 4.78 is 5.33. The van der Waals surface area contributed by atoms with Crippen LogP contribution in [0.1, 0.15) is 64.1 Å². The van der Waals surface area contributed by atoms with Crippen molar-refractivity contribution in [3.8, 4) is 0 Å². The number of rotatable bonds is 5. The Morgan fingerprint density at radius 3 is 2.69 bits per heavy atom. The Hall–Kier alpha value is -2.57. The average Bonchev–Trinajstić information content (AvgIpc) is 3.38. The van der Waals surface area contributed by atoms with Crippen LogP contribution >= 0.6 is 22.9 Å². The Labute approximate surface area is 197 Å². The van der Waals surface area contributed by atoms with Crippen molar-refractivity contribution in [2.75, 3.05) is 5.32 Å². The normalized spacial score (nSPS) is 15.8. The number of anilines is 1. The molecule has 0 saturated carbocycles. The van der Waals surface area contributed by atoms with Gasteiger partial charge in [0.2, 0.25) is 0 Å². The Morgan fingerprint density at radius 2 is 2.00 bits per heavy atom. The molecule has 1 aliphatic carbocycles. The van der Waals surface area contributed by atoms with Crippen molar-refractivity contribution in [3.63, 3.8) is 0 Å². The lowest BCUT2D eigenvalue weighted by Gasteiger charge is -2.33. The number of nitrogens with one attached hydrogen (secondary N) is 2. The number of carbonyl (C=O) groups is 2. The molecule has 2 amide bonds. The molecule has 5 nitrogen and oxygen atoms in total. The maximum absolute atomic E-state index is 13.2. The van der Waals surface area contributed by atoms with Crippen LogP contribution in [0.5, 0.6) is 0 Å². The summed E-state index contributed by atoms with van der Waals surface area (Å²) in [5.74, 6) is 0.733. The first kappa shape index (κ1) is 22.6. The molecule has 0 aliphatic heterocycles. The molecular weight excluding hydrogens is 444 g/mol. The Morgan fingerprint density at radius 1 is 1.19 bits per heavy atom. The van der Waals surface area contributed by atoms with Gasteiger partial charge in [-0.25, -0.2) is 0 Å². The smallest absolute Gasteiger partial charge is 0.256 e. The van der Waals surface area contributed by atoms with Crippen molar-refractivity contribution < 1.29 is 14.0 Å². The van der Waals surface area contributed by atoms with Gasteiger partial charge in [0.05, 0.1) is 18.4 Å². The second-order valence-corrected chi connectivity index (χ2v) is 10.8. The zero-order chi connectivity index (χ0) is 22.9. The molecule has 168 valence electrons. The lowest BCUT2D eigenvalue weighted by molar-refractivity contribution is 0.0947. The predicted molar refractivity (Wildman–Crippen MR) is 129 cm³/mol. The maximum Gasteiger partial charge on any atom is 0.256 e.